The molecule has 0 aromatic carbocycles. The Labute approximate surface area is 88.1 Å². The van der Waals surface area contributed by atoms with Gasteiger partial charge in [0.25, 0.3) is 0 Å². The smallest absolute Gasteiger partial charge is 0.389 e. The molecule has 1 N–H and O–H groups in total. The first kappa shape index (κ1) is 10.6. The van der Waals surface area contributed by atoms with Crippen LogP contribution in [0.15, 0.2) is 12.3 Å². The van der Waals surface area contributed by atoms with E-state index in [-0.39, 0.29) is 0 Å². The Hall–Kier alpha value is -0.880. The van der Waals surface area contributed by atoms with Crippen LogP contribution in [0.4, 0.5) is 13.2 Å². The highest BCUT2D eigenvalue weighted by atomic mass is 32.1. The van der Waals surface area contributed by atoms with E-state index >= 15 is 0 Å². The summed E-state index contributed by atoms with van der Waals surface area (Å²) in [4.78, 5) is 3.83. The van der Waals surface area contributed by atoms with Gasteiger partial charge in [0, 0.05) is 6.20 Å². The lowest BCUT2D eigenvalue weighted by atomic mass is 10.2. The molecule has 0 spiro atoms. The largest absolute Gasteiger partial charge is 0.443 e. The second-order valence-electron chi connectivity index (χ2n) is 3.33. The van der Waals surface area contributed by atoms with Crippen LogP contribution in [0.1, 0.15) is 22.7 Å². The van der Waals surface area contributed by atoms with E-state index in [1.807, 2.05) is 0 Å². The number of nitrogens with zero attached hydrogens (tertiary/aromatic N) is 1. The fraction of sp³-hybridized carbons (Fsp3) is 0.444. The van der Waals surface area contributed by atoms with Crippen LogP contribution < -0.4 is 0 Å². The fourth-order valence-electron chi connectivity index (χ4n) is 1.46. The minimum absolute atomic E-state index is 0.499. The van der Waals surface area contributed by atoms with Crippen LogP contribution in [-0.4, -0.2) is 16.2 Å². The molecule has 15 heavy (non-hydrogen) atoms. The Kier molecular flexibility index (Phi) is 2.56. The first-order valence-corrected chi connectivity index (χ1v) is 5.20. The van der Waals surface area contributed by atoms with Crippen molar-refractivity contribution in [1.29, 1.82) is 0 Å². The lowest BCUT2D eigenvalue weighted by molar-refractivity contribution is -0.137. The molecule has 1 aliphatic rings. The van der Waals surface area contributed by atoms with Gasteiger partial charge in [-0.1, -0.05) is 6.08 Å². The van der Waals surface area contributed by atoms with E-state index in [1.54, 1.807) is 6.08 Å². The molecular formula is C9H8F3NOS. The van der Waals surface area contributed by atoms with E-state index in [2.05, 4.69) is 4.98 Å². The molecule has 1 heterocycles. The quantitative estimate of drug-likeness (QED) is 0.811. The van der Waals surface area contributed by atoms with Crippen LogP contribution in [0.5, 0.6) is 0 Å². The number of thiazole rings is 1. The summed E-state index contributed by atoms with van der Waals surface area (Å²) in [5.74, 6) is 0. The summed E-state index contributed by atoms with van der Waals surface area (Å²) >= 11 is 0.624. The van der Waals surface area contributed by atoms with Crippen molar-refractivity contribution in [2.75, 3.05) is 0 Å². The molecule has 2 rings (SSSR count). The molecule has 0 saturated carbocycles. The van der Waals surface area contributed by atoms with Gasteiger partial charge in [0.15, 0.2) is 5.01 Å². The summed E-state index contributed by atoms with van der Waals surface area (Å²) in [7, 11) is 0. The summed E-state index contributed by atoms with van der Waals surface area (Å²) in [5.41, 5.74) is 0.760. The van der Waals surface area contributed by atoms with E-state index < -0.39 is 17.3 Å². The fourth-order valence-corrected chi connectivity index (χ4v) is 2.30. The second kappa shape index (κ2) is 3.61. The Balaban J connectivity index is 2.25. The maximum Gasteiger partial charge on any atom is 0.443 e. The van der Waals surface area contributed by atoms with Gasteiger partial charge in [0.05, 0.1) is 11.0 Å². The highest BCUT2D eigenvalue weighted by Crippen LogP contribution is 2.37. The average molecular weight is 235 g/mol. The molecule has 0 saturated heterocycles. The zero-order chi connectivity index (χ0) is 11.1. The lowest BCUT2D eigenvalue weighted by Crippen LogP contribution is -2.02. The molecule has 6 heteroatoms. The summed E-state index contributed by atoms with van der Waals surface area (Å²) in [6, 6.07) is 0. The summed E-state index contributed by atoms with van der Waals surface area (Å²) in [6.45, 7) is 0. The summed E-state index contributed by atoms with van der Waals surface area (Å²) in [5, 5.41) is 8.38. The standard InChI is InChI=1S/C9H8F3NOS/c10-9(11,12)8-13-4-7(15-8)5-1-2-6(14)3-5/h3-4,6,14H,1-2H2. The van der Waals surface area contributed by atoms with E-state index in [4.69, 9.17) is 0 Å². The van der Waals surface area contributed by atoms with Crippen LogP contribution in [-0.2, 0) is 6.18 Å². The molecule has 1 aliphatic carbocycles. The van der Waals surface area contributed by atoms with Crippen LogP contribution in [0, 0.1) is 0 Å². The molecule has 1 aromatic rings. The number of halogens is 3. The SMILES string of the molecule is OC1C=C(c2cnc(C(F)(F)F)s2)CC1. The van der Waals surface area contributed by atoms with Crippen LogP contribution in [0.2, 0.25) is 0 Å². The van der Waals surface area contributed by atoms with Gasteiger partial charge in [-0.25, -0.2) is 4.98 Å². The van der Waals surface area contributed by atoms with Gasteiger partial charge in [-0.15, -0.1) is 11.3 Å². The van der Waals surface area contributed by atoms with Crippen molar-refractivity contribution in [3.05, 3.63) is 22.2 Å². The molecule has 82 valence electrons. The monoisotopic (exact) mass is 235 g/mol. The van der Waals surface area contributed by atoms with Gasteiger partial charge in [-0.2, -0.15) is 13.2 Å². The first-order chi connectivity index (χ1) is 6.97. The van der Waals surface area contributed by atoms with Gasteiger partial charge < -0.3 is 5.11 Å². The van der Waals surface area contributed by atoms with Gasteiger partial charge in [-0.3, -0.25) is 0 Å². The van der Waals surface area contributed by atoms with Crippen molar-refractivity contribution < 1.29 is 18.3 Å². The molecule has 0 amide bonds. The van der Waals surface area contributed by atoms with Crippen LogP contribution in [0.3, 0.4) is 0 Å². The van der Waals surface area contributed by atoms with Gasteiger partial charge in [-0.05, 0) is 18.4 Å². The van der Waals surface area contributed by atoms with Crippen molar-refractivity contribution in [2.45, 2.75) is 25.1 Å². The van der Waals surface area contributed by atoms with Crippen molar-refractivity contribution >= 4 is 16.9 Å². The third-order valence-corrected chi connectivity index (χ3v) is 3.29. The predicted molar refractivity (Wildman–Crippen MR) is 50.3 cm³/mol. The third kappa shape index (κ3) is 2.21. The normalized spacial score (nSPS) is 21.9. The average Bonchev–Trinajstić information content (AvgIpc) is 2.69. The van der Waals surface area contributed by atoms with Crippen LogP contribution >= 0.6 is 11.3 Å². The Bertz CT molecular complexity index is 396. The topological polar surface area (TPSA) is 33.1 Å². The zero-order valence-corrected chi connectivity index (χ0v) is 8.40. The van der Waals surface area contributed by atoms with Crippen molar-refractivity contribution in [3.63, 3.8) is 0 Å². The minimum Gasteiger partial charge on any atom is -0.389 e. The number of aliphatic hydroxyl groups is 1. The summed E-state index contributed by atoms with van der Waals surface area (Å²) in [6.07, 6.45) is -0.905. The van der Waals surface area contributed by atoms with E-state index in [0.29, 0.717) is 29.1 Å². The number of hydrogen-bond donors (Lipinski definition) is 1. The van der Waals surface area contributed by atoms with Crippen molar-refractivity contribution in [2.24, 2.45) is 0 Å². The third-order valence-electron chi connectivity index (χ3n) is 2.17. The molecular weight excluding hydrogens is 227 g/mol. The number of hydrogen-bond acceptors (Lipinski definition) is 3. The van der Waals surface area contributed by atoms with E-state index in [0.717, 1.165) is 5.57 Å². The van der Waals surface area contributed by atoms with Gasteiger partial charge >= 0.3 is 6.18 Å². The van der Waals surface area contributed by atoms with Crippen LogP contribution in [0.25, 0.3) is 5.57 Å². The highest BCUT2D eigenvalue weighted by molar-refractivity contribution is 7.12. The number of alkyl halides is 3. The van der Waals surface area contributed by atoms with Gasteiger partial charge in [0.2, 0.25) is 0 Å². The number of aromatic nitrogens is 1. The Morgan fingerprint density at radius 1 is 1.47 bits per heavy atom. The first-order valence-electron chi connectivity index (χ1n) is 4.39. The lowest BCUT2D eigenvalue weighted by Gasteiger charge is -1.99. The molecule has 2 nitrogen and oxygen atoms in total. The molecule has 0 radical (unpaired) electrons. The predicted octanol–water partition coefficient (Wildman–Crippen LogP) is 2.70. The molecule has 1 atom stereocenters. The Morgan fingerprint density at radius 2 is 2.20 bits per heavy atom. The van der Waals surface area contributed by atoms with Crippen molar-refractivity contribution in [1.82, 2.24) is 4.98 Å². The Morgan fingerprint density at radius 3 is 2.67 bits per heavy atom. The number of aliphatic hydroxyl groups excluding tert-OH is 1. The molecule has 0 aliphatic heterocycles. The maximum absolute atomic E-state index is 12.2. The van der Waals surface area contributed by atoms with Gasteiger partial charge in [0.1, 0.15) is 0 Å². The second-order valence-corrected chi connectivity index (χ2v) is 4.36. The summed E-state index contributed by atoms with van der Waals surface area (Å²) < 4.78 is 36.7. The van der Waals surface area contributed by atoms with E-state index in [1.165, 1.54) is 6.20 Å². The number of allylic oxidation sites excluding steroid dienone is 1. The molecule has 0 fully saturated rings. The van der Waals surface area contributed by atoms with E-state index in [9.17, 15) is 18.3 Å². The molecule has 0 bridgehead atoms. The molecule has 1 unspecified atom stereocenters. The zero-order valence-electron chi connectivity index (χ0n) is 7.58. The minimum atomic E-state index is -4.37. The maximum atomic E-state index is 12.2. The molecule has 1 aromatic heterocycles. The highest BCUT2D eigenvalue weighted by Gasteiger charge is 2.35. The van der Waals surface area contributed by atoms with Crippen molar-refractivity contribution in [3.8, 4) is 0 Å². The number of rotatable bonds is 1.